The van der Waals surface area contributed by atoms with Crippen molar-refractivity contribution in [1.29, 1.82) is 0 Å². The van der Waals surface area contributed by atoms with Crippen molar-refractivity contribution in [2.24, 2.45) is 17.8 Å². The van der Waals surface area contributed by atoms with Crippen LogP contribution in [-0.4, -0.2) is 206 Å². The Hall–Kier alpha value is -2.65. The van der Waals surface area contributed by atoms with E-state index in [4.69, 9.17) is 79.7 Å². The molecule has 1 N–H and O–H groups in total. The van der Waals surface area contributed by atoms with Gasteiger partial charge in [0.15, 0.2) is 0 Å². The van der Waals surface area contributed by atoms with Crippen LogP contribution >= 0.6 is 0 Å². The molecule has 3 unspecified atom stereocenters. The highest BCUT2D eigenvalue weighted by atomic mass is 28.4. The van der Waals surface area contributed by atoms with Gasteiger partial charge >= 0.3 is 69.9 Å². The van der Waals surface area contributed by atoms with Crippen molar-refractivity contribution in [3.8, 4) is 0 Å². The van der Waals surface area contributed by atoms with Gasteiger partial charge in [-0.05, 0) is 138 Å². The predicted molar refractivity (Wildman–Crippen MR) is 373 cm³/mol. The highest BCUT2D eigenvalue weighted by Crippen LogP contribution is 2.45. The van der Waals surface area contributed by atoms with E-state index in [1.165, 1.54) is 20.6 Å². The molecule has 1 aromatic carbocycles. The average Bonchev–Trinajstić information content (AvgIpc) is 0.921. The summed E-state index contributed by atoms with van der Waals surface area (Å²) in [5, 5.41) is 2.90. The maximum atomic E-state index is 13.2. The van der Waals surface area contributed by atoms with Gasteiger partial charge < -0.3 is 89.8 Å². The molecule has 0 spiro atoms. The quantitative estimate of drug-likeness (QED) is 0.0480. The van der Waals surface area contributed by atoms with Crippen LogP contribution in [0.25, 0.3) is 0 Å². The fourth-order valence-electron chi connectivity index (χ4n) is 12.1. The van der Waals surface area contributed by atoms with E-state index in [1.807, 2.05) is 12.1 Å². The third-order valence-corrected chi connectivity index (χ3v) is 34.8. The molecule has 1 aliphatic carbocycles. The number of carbonyl (C=O) groups excluding carboxylic acids is 2. The first-order valence-electron chi connectivity index (χ1n) is 32.6. The number of nitrogens with one attached hydrogen (secondary N) is 1. The van der Waals surface area contributed by atoms with Crippen molar-refractivity contribution >= 4 is 70.2 Å². The Morgan fingerprint density at radius 3 is 0.979 bits per heavy atom. The number of aryl methyl sites for hydroxylation is 2. The molecule has 1 aromatic heterocycles. The predicted octanol–water partition coefficient (Wildman–Crippen LogP) is 8.48. The summed E-state index contributed by atoms with van der Waals surface area (Å²) in [7, 11) is 13.3. The van der Waals surface area contributed by atoms with E-state index in [0.717, 1.165) is 112 Å². The third-order valence-electron chi connectivity index (χ3n) is 18.0. The Bertz CT molecular complexity index is 2420. The van der Waals surface area contributed by atoms with Crippen LogP contribution < -0.4 is 22.4 Å². The highest BCUT2D eigenvalue weighted by Gasteiger charge is 2.45. The molecule has 0 aliphatic heterocycles. The summed E-state index contributed by atoms with van der Waals surface area (Å²) in [4.78, 5) is 62.5. The molecule has 0 radical (unpaired) electrons. The Kier molecular flexibility index (Phi) is 45.1. The van der Waals surface area contributed by atoms with E-state index < -0.39 is 69.9 Å². The summed E-state index contributed by atoms with van der Waals surface area (Å²) >= 11 is 0. The first kappa shape index (κ1) is 89.4. The van der Waals surface area contributed by atoms with Crippen LogP contribution in [-0.2, 0) is 122 Å². The number of nitrogens with zero attached hydrogens (tertiary/aromatic N) is 3. The van der Waals surface area contributed by atoms with Gasteiger partial charge in [-0.3, -0.25) is 4.79 Å². The van der Waals surface area contributed by atoms with Crippen LogP contribution in [0.5, 0.6) is 0 Å². The lowest BCUT2D eigenvalue weighted by Crippen LogP contribution is -2.54. The number of rotatable bonds is 50. The largest absolute Gasteiger partial charge is 0.500 e. The summed E-state index contributed by atoms with van der Waals surface area (Å²) < 4.78 is 103. The highest BCUT2D eigenvalue weighted by molar-refractivity contribution is 6.62. The van der Waals surface area contributed by atoms with E-state index in [9.17, 15) is 24.0 Å². The minimum absolute atomic E-state index is 0.0905. The monoisotopic (exact) mass is 1450 g/mol. The standard InChI is InChI=1S/C22H45N3O9Si2.C20H37NO7Si2.C19H40O7Si2/c1-8-9-10-15-23-20(26)24(16-11-13-18-35(29-2,30-3)31-4)22(28)25(21(23)27)17-12-14-19-36(32-5,33-6)34-7;1-17(22)21-20-15-18(10-8-12-29(23-2,24-3)25-4)14-19(16-20)11-9-13-30(26-5,27-6)28-7;1-16(20)8-9-18-14-17(10-12-27(21-2,22-3)23-4)15-19(18)11-13-28(24-5,25-6)26-7/h8-19H2,1-7H3;14-16H,8-13H2,1-7H3,(H,21,22);17-19H,8-15H2,1-7H3. The number of hydrogen-bond donors (Lipinski definition) is 1. The van der Waals surface area contributed by atoms with Gasteiger partial charge in [-0.15, -0.1) is 0 Å². The maximum absolute atomic E-state index is 13.2. The normalized spacial score (nSPS) is 15.6. The molecule has 548 valence electrons. The van der Waals surface area contributed by atoms with Crippen LogP contribution in [0, 0.1) is 17.8 Å². The van der Waals surface area contributed by atoms with Gasteiger partial charge in [0.2, 0.25) is 5.91 Å². The maximum Gasteiger partial charge on any atom is 0.500 e. The zero-order valence-corrected chi connectivity index (χ0v) is 67.1. The molecule has 1 aliphatic rings. The van der Waals surface area contributed by atoms with Crippen LogP contribution in [0.15, 0.2) is 32.6 Å². The van der Waals surface area contributed by atoms with Crippen molar-refractivity contribution in [3.05, 3.63) is 60.8 Å². The van der Waals surface area contributed by atoms with Crippen molar-refractivity contribution in [2.75, 3.05) is 133 Å². The summed E-state index contributed by atoms with van der Waals surface area (Å²) in [6.07, 6.45) is 14.2. The first-order valence-corrected chi connectivity index (χ1v) is 44.2. The molecule has 1 heterocycles. The number of carbonyl (C=O) groups is 2. The zero-order valence-electron chi connectivity index (χ0n) is 61.1. The number of amides is 1. The van der Waals surface area contributed by atoms with Crippen LogP contribution in [0.1, 0.15) is 128 Å². The number of unbranched alkanes of at least 4 members (excludes halogenated alkanes) is 4. The van der Waals surface area contributed by atoms with E-state index in [2.05, 4.69) is 18.3 Å². The Balaban J connectivity index is 0.000000711. The smallest absolute Gasteiger partial charge is 0.377 e. The molecule has 27 nitrogen and oxygen atoms in total. The minimum atomic E-state index is -2.74. The first-order chi connectivity index (χ1) is 44.9. The molecule has 2 aromatic rings. The molecule has 1 fully saturated rings. The SMILES string of the molecule is CCCCCn1c(=O)n(CCCC[Si](OC)(OC)OC)c(=O)n(CCCC[Si](OC)(OC)OC)c1=O.CO[Si](CCC1CC(CCC(C)=O)C(CC[Si](OC)(OC)OC)C1)(OC)OC.CO[Si](CCCc1cc(CCC[Si](OC)(OC)OC)cc(NC(C)=O)c1)(OC)OC. The number of Topliss-reactive ketones (excluding diaryl/α,β-unsaturated/α-hetero) is 1. The summed E-state index contributed by atoms with van der Waals surface area (Å²) in [6.45, 7) is 5.91. The summed E-state index contributed by atoms with van der Waals surface area (Å²) in [5.74, 6) is 1.88. The fraction of sp³-hybridized carbons (Fsp3) is 0.820. The molecule has 0 saturated heterocycles. The van der Waals surface area contributed by atoms with Gasteiger partial charge in [-0.2, -0.15) is 0 Å². The van der Waals surface area contributed by atoms with E-state index in [1.54, 1.807) is 135 Å². The van der Waals surface area contributed by atoms with Gasteiger partial charge in [-0.25, -0.2) is 28.1 Å². The Morgan fingerprint density at radius 1 is 0.394 bits per heavy atom. The second kappa shape index (κ2) is 47.4. The summed E-state index contributed by atoms with van der Waals surface area (Å²) in [6, 6.07) is 10.4. The molecular formula is C61H122N4O23Si6. The topological polar surface area (TPSA) is 278 Å². The lowest BCUT2D eigenvalue weighted by Gasteiger charge is -2.27. The van der Waals surface area contributed by atoms with Gasteiger partial charge in [0.05, 0.1) is 0 Å². The molecule has 1 amide bonds. The number of anilines is 1. The van der Waals surface area contributed by atoms with Gasteiger partial charge in [0.25, 0.3) is 0 Å². The number of aromatic nitrogens is 3. The fourth-order valence-corrected chi connectivity index (χ4v) is 22.8. The van der Waals surface area contributed by atoms with Crippen LogP contribution in [0.2, 0.25) is 36.3 Å². The van der Waals surface area contributed by atoms with Gasteiger partial charge in [0, 0.05) is 203 Å². The van der Waals surface area contributed by atoms with E-state index in [0.29, 0.717) is 68.4 Å². The second-order valence-corrected chi connectivity index (χ2v) is 41.8. The molecule has 33 heteroatoms. The van der Waals surface area contributed by atoms with Gasteiger partial charge in [-0.1, -0.05) is 25.8 Å². The van der Waals surface area contributed by atoms with Crippen molar-refractivity contribution in [1.82, 2.24) is 13.7 Å². The molecule has 0 bridgehead atoms. The molecule has 94 heavy (non-hydrogen) atoms. The lowest BCUT2D eigenvalue weighted by molar-refractivity contribution is -0.117. The average molecular weight is 1450 g/mol. The summed E-state index contributed by atoms with van der Waals surface area (Å²) in [5.41, 5.74) is 1.40. The third kappa shape index (κ3) is 28.9. The second-order valence-electron chi connectivity index (χ2n) is 23.3. The minimum Gasteiger partial charge on any atom is -0.377 e. The van der Waals surface area contributed by atoms with Gasteiger partial charge in [0.1, 0.15) is 5.78 Å². The van der Waals surface area contributed by atoms with Crippen molar-refractivity contribution < 1.29 is 89.3 Å². The van der Waals surface area contributed by atoms with E-state index in [-0.39, 0.29) is 31.3 Å². The van der Waals surface area contributed by atoms with Crippen LogP contribution in [0.3, 0.4) is 0 Å². The lowest BCUT2D eigenvalue weighted by atomic mass is 9.89. The van der Waals surface area contributed by atoms with Crippen LogP contribution in [0.4, 0.5) is 5.69 Å². The zero-order chi connectivity index (χ0) is 71.0. The number of ketones is 1. The van der Waals surface area contributed by atoms with E-state index >= 15 is 0 Å². The Labute approximate surface area is 568 Å². The number of benzene rings is 1. The Morgan fingerprint density at radius 2 is 0.681 bits per heavy atom. The van der Waals surface area contributed by atoms with Crippen molar-refractivity contribution in [3.63, 3.8) is 0 Å². The van der Waals surface area contributed by atoms with Crippen molar-refractivity contribution in [2.45, 2.75) is 186 Å². The number of hydrogen-bond acceptors (Lipinski definition) is 23. The molecule has 3 atom stereocenters. The molecule has 1 saturated carbocycles. The molecule has 3 rings (SSSR count). The molecular weight excluding hydrogens is 1330 g/mol.